The van der Waals surface area contributed by atoms with Crippen molar-refractivity contribution in [2.45, 2.75) is 58.7 Å². The lowest BCUT2D eigenvalue weighted by molar-refractivity contribution is -0.128. The highest BCUT2D eigenvalue weighted by atomic mass is 19.1. The second-order valence-electron chi connectivity index (χ2n) is 9.47. The molecule has 0 fully saturated rings. The van der Waals surface area contributed by atoms with Crippen LogP contribution < -0.4 is 19.7 Å². The van der Waals surface area contributed by atoms with Crippen molar-refractivity contribution in [2.24, 2.45) is 0 Å². The van der Waals surface area contributed by atoms with E-state index >= 15 is 0 Å². The highest BCUT2D eigenvalue weighted by Crippen LogP contribution is 2.31. The summed E-state index contributed by atoms with van der Waals surface area (Å²) in [6.45, 7) is 7.09. The van der Waals surface area contributed by atoms with Crippen LogP contribution in [0.2, 0.25) is 0 Å². The zero-order valence-electron chi connectivity index (χ0n) is 22.0. The minimum absolute atomic E-state index is 0.00948. The largest absolute Gasteiger partial charge is 0.493 e. The van der Waals surface area contributed by atoms with Gasteiger partial charge >= 0.3 is 0 Å². The summed E-state index contributed by atoms with van der Waals surface area (Å²) in [6.07, 6.45) is 0.940. The molecule has 2 amide bonds. The van der Waals surface area contributed by atoms with E-state index in [1.807, 2.05) is 27.7 Å². The molecule has 0 aliphatic heterocycles. The van der Waals surface area contributed by atoms with Crippen LogP contribution in [-0.4, -0.2) is 57.8 Å². The summed E-state index contributed by atoms with van der Waals surface area (Å²) in [5, 5.41) is 15.3. The number of nitrogens with one attached hydrogen (secondary N) is 1. The molecule has 0 aliphatic rings. The van der Waals surface area contributed by atoms with Gasteiger partial charge in [0, 0.05) is 11.1 Å². The average Bonchev–Trinajstić information content (AvgIpc) is 3.31. The third-order valence-electron chi connectivity index (χ3n) is 5.43. The SMILES string of the molecule is CCC[C@H](C(=O)NC(C)(C)C)N(C(=O)Cn1nnc(-c2ccc(OC)c(OC)c2)n1)c1ccccc1F. The molecule has 2 aromatic carbocycles. The third-order valence-corrected chi connectivity index (χ3v) is 5.43. The van der Waals surface area contributed by atoms with E-state index in [1.54, 1.807) is 24.3 Å². The van der Waals surface area contributed by atoms with Gasteiger partial charge in [-0.3, -0.25) is 14.5 Å². The minimum atomic E-state index is -0.928. The Balaban J connectivity index is 1.93. The quantitative estimate of drug-likeness (QED) is 0.442. The summed E-state index contributed by atoms with van der Waals surface area (Å²) in [5.74, 6) is -0.234. The summed E-state index contributed by atoms with van der Waals surface area (Å²) in [7, 11) is 3.05. The van der Waals surface area contributed by atoms with E-state index < -0.39 is 23.3 Å². The number of nitrogens with zero attached hydrogens (tertiary/aromatic N) is 5. The summed E-state index contributed by atoms with van der Waals surface area (Å²) >= 11 is 0. The fourth-order valence-corrected chi connectivity index (χ4v) is 3.83. The van der Waals surface area contributed by atoms with Crippen molar-refractivity contribution in [2.75, 3.05) is 19.1 Å². The van der Waals surface area contributed by atoms with E-state index in [9.17, 15) is 14.0 Å². The Hall–Kier alpha value is -4.02. The maximum absolute atomic E-state index is 14.9. The number of carbonyl (C=O) groups excluding carboxylic acids is 2. The Morgan fingerprint density at radius 2 is 1.81 bits per heavy atom. The molecule has 3 aromatic rings. The number of para-hydroxylation sites is 1. The third kappa shape index (κ3) is 6.81. The van der Waals surface area contributed by atoms with Crippen LogP contribution in [0, 0.1) is 5.82 Å². The Morgan fingerprint density at radius 1 is 1.11 bits per heavy atom. The first kappa shape index (κ1) is 27.6. The number of amides is 2. The zero-order valence-corrected chi connectivity index (χ0v) is 22.0. The lowest BCUT2D eigenvalue weighted by Crippen LogP contribution is -2.55. The molecule has 1 N–H and O–H groups in total. The van der Waals surface area contributed by atoms with Gasteiger partial charge in [0.2, 0.25) is 11.7 Å². The average molecular weight is 513 g/mol. The molecule has 37 heavy (non-hydrogen) atoms. The van der Waals surface area contributed by atoms with Crippen molar-refractivity contribution in [3.63, 3.8) is 0 Å². The first-order chi connectivity index (χ1) is 17.6. The monoisotopic (exact) mass is 512 g/mol. The molecule has 0 radical (unpaired) electrons. The predicted octanol–water partition coefficient (Wildman–Crippen LogP) is 3.61. The number of ether oxygens (including phenoxy) is 2. The maximum Gasteiger partial charge on any atom is 0.251 e. The number of methoxy groups -OCH3 is 2. The highest BCUT2D eigenvalue weighted by Gasteiger charge is 2.34. The zero-order chi connectivity index (χ0) is 27.2. The smallest absolute Gasteiger partial charge is 0.251 e. The van der Waals surface area contributed by atoms with Gasteiger partial charge in [-0.2, -0.15) is 4.80 Å². The van der Waals surface area contributed by atoms with Gasteiger partial charge in [0.05, 0.1) is 19.9 Å². The predicted molar refractivity (Wildman–Crippen MR) is 137 cm³/mol. The van der Waals surface area contributed by atoms with Crippen molar-refractivity contribution >= 4 is 17.5 Å². The molecule has 0 aliphatic carbocycles. The fourth-order valence-electron chi connectivity index (χ4n) is 3.83. The lowest BCUT2D eigenvalue weighted by Gasteiger charge is -2.33. The van der Waals surface area contributed by atoms with Gasteiger partial charge in [0.1, 0.15) is 18.4 Å². The van der Waals surface area contributed by atoms with Crippen molar-refractivity contribution < 1.29 is 23.5 Å². The fraction of sp³-hybridized carbons (Fsp3) is 0.423. The van der Waals surface area contributed by atoms with Gasteiger partial charge in [-0.05, 0) is 62.7 Å². The van der Waals surface area contributed by atoms with Crippen LogP contribution in [0.15, 0.2) is 42.5 Å². The van der Waals surface area contributed by atoms with Crippen LogP contribution in [0.3, 0.4) is 0 Å². The van der Waals surface area contributed by atoms with E-state index in [0.717, 1.165) is 4.80 Å². The first-order valence-electron chi connectivity index (χ1n) is 12.0. The Labute approximate surface area is 215 Å². The van der Waals surface area contributed by atoms with Gasteiger partial charge in [-0.15, -0.1) is 10.2 Å². The standard InChI is InChI=1S/C26H33FN6O4/c1-7-10-20(25(35)28-26(2,3)4)33(19-12-9-8-11-18(19)27)23(34)16-32-30-24(29-31-32)17-13-14-21(36-5)22(15-17)37-6/h8-9,11-15,20H,7,10,16H2,1-6H3,(H,28,35)/t20-/m1/s1. The first-order valence-corrected chi connectivity index (χ1v) is 12.0. The number of halogens is 1. The van der Waals surface area contributed by atoms with Crippen LogP contribution in [0.1, 0.15) is 40.5 Å². The number of benzene rings is 2. The van der Waals surface area contributed by atoms with Crippen molar-refractivity contribution in [1.82, 2.24) is 25.5 Å². The van der Waals surface area contributed by atoms with Crippen LogP contribution in [-0.2, 0) is 16.1 Å². The number of anilines is 1. The molecule has 3 rings (SSSR count). The number of aromatic nitrogens is 4. The van der Waals surface area contributed by atoms with Crippen LogP contribution in [0.25, 0.3) is 11.4 Å². The van der Waals surface area contributed by atoms with Gasteiger partial charge in [-0.1, -0.05) is 25.5 Å². The number of tetrazole rings is 1. The van der Waals surface area contributed by atoms with Gasteiger partial charge < -0.3 is 14.8 Å². The molecule has 10 nitrogen and oxygen atoms in total. The molecule has 0 unspecified atom stereocenters. The normalized spacial score (nSPS) is 12.1. The van der Waals surface area contributed by atoms with Gasteiger partial charge in [0.15, 0.2) is 11.5 Å². The summed E-state index contributed by atoms with van der Waals surface area (Å²) in [4.78, 5) is 29.1. The summed E-state index contributed by atoms with van der Waals surface area (Å²) < 4.78 is 25.5. The molecule has 1 aromatic heterocycles. The van der Waals surface area contributed by atoms with E-state index in [4.69, 9.17) is 9.47 Å². The minimum Gasteiger partial charge on any atom is -0.493 e. The molecule has 11 heteroatoms. The van der Waals surface area contributed by atoms with Crippen molar-refractivity contribution in [3.8, 4) is 22.9 Å². The molecule has 0 saturated carbocycles. The number of hydrogen-bond acceptors (Lipinski definition) is 7. The van der Waals surface area contributed by atoms with Gasteiger partial charge in [-0.25, -0.2) is 4.39 Å². The van der Waals surface area contributed by atoms with E-state index in [2.05, 4.69) is 20.7 Å². The number of carbonyl (C=O) groups is 2. The highest BCUT2D eigenvalue weighted by molar-refractivity contribution is 6.00. The Morgan fingerprint density at radius 3 is 2.43 bits per heavy atom. The maximum atomic E-state index is 14.9. The summed E-state index contributed by atoms with van der Waals surface area (Å²) in [5.41, 5.74) is 0.0837. The van der Waals surface area contributed by atoms with E-state index in [1.165, 1.54) is 37.3 Å². The second-order valence-corrected chi connectivity index (χ2v) is 9.47. The molecular weight excluding hydrogens is 479 g/mol. The molecule has 198 valence electrons. The van der Waals surface area contributed by atoms with Crippen LogP contribution >= 0.6 is 0 Å². The van der Waals surface area contributed by atoms with Crippen LogP contribution in [0.4, 0.5) is 10.1 Å². The number of hydrogen-bond donors (Lipinski definition) is 1. The number of rotatable bonds is 10. The van der Waals surface area contributed by atoms with Crippen molar-refractivity contribution in [3.05, 3.63) is 48.3 Å². The van der Waals surface area contributed by atoms with Gasteiger partial charge in [0.25, 0.3) is 5.91 Å². The Kier molecular flexibility index (Phi) is 8.80. The molecule has 0 bridgehead atoms. The molecular formula is C26H33FN6O4. The van der Waals surface area contributed by atoms with E-state index in [-0.39, 0.29) is 24.0 Å². The van der Waals surface area contributed by atoms with E-state index in [0.29, 0.717) is 29.9 Å². The van der Waals surface area contributed by atoms with Crippen molar-refractivity contribution in [1.29, 1.82) is 0 Å². The summed E-state index contributed by atoms with van der Waals surface area (Å²) in [6, 6.07) is 10.1. The molecule has 0 spiro atoms. The Bertz CT molecular complexity index is 1240. The molecule has 1 atom stereocenters. The molecule has 0 saturated heterocycles. The lowest BCUT2D eigenvalue weighted by atomic mass is 10.0. The molecule has 1 heterocycles. The van der Waals surface area contributed by atoms with Crippen LogP contribution in [0.5, 0.6) is 11.5 Å². The second kappa shape index (κ2) is 11.8. The topological polar surface area (TPSA) is 111 Å².